The monoisotopic (exact) mass is 240 g/mol. The third kappa shape index (κ3) is 5.55. The summed E-state index contributed by atoms with van der Waals surface area (Å²) in [5, 5.41) is 0.243. The summed E-state index contributed by atoms with van der Waals surface area (Å²) in [6, 6.07) is 0. The minimum atomic E-state index is -1.69. The summed E-state index contributed by atoms with van der Waals surface area (Å²) in [5.41, 5.74) is 0. The Morgan fingerprint density at radius 3 is 2.31 bits per heavy atom. The molecule has 0 atom stereocenters. The van der Waals surface area contributed by atoms with Gasteiger partial charge in [0.25, 0.3) is 0 Å². The summed E-state index contributed by atoms with van der Waals surface area (Å²) in [6.07, 6.45) is 7.79. The van der Waals surface area contributed by atoms with Crippen LogP contribution in [0.3, 0.4) is 0 Å². The summed E-state index contributed by atoms with van der Waals surface area (Å²) in [7, 11) is -1.69. The van der Waals surface area contributed by atoms with Gasteiger partial charge in [-0.1, -0.05) is 53.2 Å². The largest absolute Gasteiger partial charge is 0.544 e. The molecular formula is C14H28OSi. The molecule has 0 heterocycles. The van der Waals surface area contributed by atoms with Gasteiger partial charge in [-0.3, -0.25) is 0 Å². The summed E-state index contributed by atoms with van der Waals surface area (Å²) < 4.78 is 6.04. The number of hydrogen-bond acceptors (Lipinski definition) is 1. The van der Waals surface area contributed by atoms with Crippen LogP contribution in [0, 0.1) is 0 Å². The lowest BCUT2D eigenvalue weighted by molar-refractivity contribution is 0.401. The van der Waals surface area contributed by atoms with Crippen molar-refractivity contribution in [2.24, 2.45) is 0 Å². The van der Waals surface area contributed by atoms with Crippen LogP contribution in [0.5, 0.6) is 0 Å². The zero-order valence-corrected chi connectivity index (χ0v) is 12.9. The molecule has 16 heavy (non-hydrogen) atoms. The van der Waals surface area contributed by atoms with Gasteiger partial charge < -0.3 is 4.43 Å². The SMILES string of the molecule is C=C(/C=C/CCCC)O[Si](C)(C)C(C)(C)C. The third-order valence-corrected chi connectivity index (χ3v) is 7.61. The van der Waals surface area contributed by atoms with Crippen LogP contribution in [0.4, 0.5) is 0 Å². The normalized spacial score (nSPS) is 13.1. The molecule has 0 aromatic rings. The zero-order chi connectivity index (χ0) is 12.8. The Balaban J connectivity index is 4.19. The van der Waals surface area contributed by atoms with E-state index in [2.05, 4.69) is 53.4 Å². The molecule has 0 bridgehead atoms. The second-order valence-electron chi connectivity index (χ2n) is 5.87. The third-order valence-electron chi connectivity index (χ3n) is 3.22. The van der Waals surface area contributed by atoms with E-state index in [4.69, 9.17) is 4.43 Å². The van der Waals surface area contributed by atoms with E-state index in [1.165, 1.54) is 12.8 Å². The maximum Gasteiger partial charge on any atom is 0.250 e. The van der Waals surface area contributed by atoms with E-state index in [1.54, 1.807) is 0 Å². The molecule has 1 nitrogen and oxygen atoms in total. The fraction of sp³-hybridized carbons (Fsp3) is 0.714. The highest BCUT2D eigenvalue weighted by atomic mass is 28.4. The first-order valence-corrected chi connectivity index (χ1v) is 9.16. The lowest BCUT2D eigenvalue weighted by Crippen LogP contribution is -2.40. The standard InChI is InChI=1S/C14H28OSi/c1-8-9-10-11-12-13(2)15-16(6,7)14(3,4)5/h11-12H,2,8-10H2,1,3-7H3/b12-11+. The lowest BCUT2D eigenvalue weighted by Gasteiger charge is -2.36. The maximum atomic E-state index is 6.04. The molecule has 0 aliphatic carbocycles. The van der Waals surface area contributed by atoms with Crippen molar-refractivity contribution in [2.45, 2.75) is 65.1 Å². The van der Waals surface area contributed by atoms with Crippen LogP contribution >= 0.6 is 0 Å². The fourth-order valence-corrected chi connectivity index (χ4v) is 2.08. The Morgan fingerprint density at radius 2 is 1.88 bits per heavy atom. The minimum absolute atomic E-state index is 0.243. The molecule has 0 spiro atoms. The van der Waals surface area contributed by atoms with Crippen molar-refractivity contribution in [1.82, 2.24) is 0 Å². The Bertz CT molecular complexity index is 246. The van der Waals surface area contributed by atoms with E-state index in [1.807, 2.05) is 6.08 Å². The van der Waals surface area contributed by atoms with Gasteiger partial charge in [-0.25, -0.2) is 0 Å². The molecule has 0 radical (unpaired) electrons. The topological polar surface area (TPSA) is 9.23 Å². The summed E-state index contributed by atoms with van der Waals surface area (Å²) in [6.45, 7) is 17.4. The van der Waals surface area contributed by atoms with Crippen molar-refractivity contribution in [3.63, 3.8) is 0 Å². The molecule has 0 saturated carbocycles. The van der Waals surface area contributed by atoms with Crippen molar-refractivity contribution >= 4 is 8.32 Å². The molecule has 2 heteroatoms. The minimum Gasteiger partial charge on any atom is -0.544 e. The van der Waals surface area contributed by atoms with Crippen LogP contribution in [-0.4, -0.2) is 8.32 Å². The van der Waals surface area contributed by atoms with Gasteiger partial charge >= 0.3 is 0 Å². The van der Waals surface area contributed by atoms with Gasteiger partial charge in [0.05, 0.1) is 5.76 Å². The molecule has 0 aromatic carbocycles. The molecule has 0 N–H and O–H groups in total. The molecule has 0 aliphatic heterocycles. The van der Waals surface area contributed by atoms with E-state index in [0.29, 0.717) is 0 Å². The van der Waals surface area contributed by atoms with Crippen molar-refractivity contribution in [3.05, 3.63) is 24.5 Å². The predicted molar refractivity (Wildman–Crippen MR) is 76.1 cm³/mol. The first kappa shape index (κ1) is 15.5. The van der Waals surface area contributed by atoms with Crippen LogP contribution in [0.25, 0.3) is 0 Å². The number of unbranched alkanes of at least 4 members (excludes halogenated alkanes) is 2. The Morgan fingerprint density at radius 1 is 1.31 bits per heavy atom. The van der Waals surface area contributed by atoms with Crippen molar-refractivity contribution in [3.8, 4) is 0 Å². The van der Waals surface area contributed by atoms with Crippen LogP contribution < -0.4 is 0 Å². The molecule has 0 aliphatic rings. The average molecular weight is 240 g/mol. The maximum absolute atomic E-state index is 6.04. The van der Waals surface area contributed by atoms with Crippen LogP contribution in [-0.2, 0) is 4.43 Å². The van der Waals surface area contributed by atoms with Crippen LogP contribution in [0.15, 0.2) is 24.5 Å². The van der Waals surface area contributed by atoms with E-state index < -0.39 is 8.32 Å². The zero-order valence-electron chi connectivity index (χ0n) is 11.9. The van der Waals surface area contributed by atoms with Crippen molar-refractivity contribution < 1.29 is 4.43 Å². The average Bonchev–Trinajstić information content (AvgIpc) is 2.10. The van der Waals surface area contributed by atoms with E-state index in [0.717, 1.165) is 12.2 Å². The predicted octanol–water partition coefficient (Wildman–Crippen LogP) is 5.27. The molecule has 94 valence electrons. The second kappa shape index (κ2) is 6.29. The molecule has 0 fully saturated rings. The van der Waals surface area contributed by atoms with Gasteiger partial charge in [0.1, 0.15) is 0 Å². The van der Waals surface area contributed by atoms with E-state index in [-0.39, 0.29) is 5.04 Å². The first-order chi connectivity index (χ1) is 7.20. The van der Waals surface area contributed by atoms with Crippen molar-refractivity contribution in [2.75, 3.05) is 0 Å². The quantitative estimate of drug-likeness (QED) is 0.266. The molecule has 0 unspecified atom stereocenters. The van der Waals surface area contributed by atoms with E-state index >= 15 is 0 Å². The van der Waals surface area contributed by atoms with Gasteiger partial charge in [0.2, 0.25) is 8.32 Å². The highest BCUT2D eigenvalue weighted by Gasteiger charge is 2.38. The fourth-order valence-electron chi connectivity index (χ4n) is 1.05. The molecule has 0 amide bonds. The highest BCUT2D eigenvalue weighted by molar-refractivity contribution is 6.74. The summed E-state index contributed by atoms with van der Waals surface area (Å²) >= 11 is 0. The van der Waals surface area contributed by atoms with Crippen LogP contribution in [0.1, 0.15) is 47.0 Å². The smallest absolute Gasteiger partial charge is 0.250 e. The summed E-state index contributed by atoms with van der Waals surface area (Å²) in [4.78, 5) is 0. The Kier molecular flexibility index (Phi) is 6.09. The Labute approximate surface area is 103 Å². The summed E-state index contributed by atoms with van der Waals surface area (Å²) in [5.74, 6) is 0.822. The molecule has 0 aromatic heterocycles. The van der Waals surface area contributed by atoms with Crippen molar-refractivity contribution in [1.29, 1.82) is 0 Å². The van der Waals surface area contributed by atoms with Gasteiger partial charge in [-0.15, -0.1) is 0 Å². The second-order valence-corrected chi connectivity index (χ2v) is 10.6. The van der Waals surface area contributed by atoms with Gasteiger partial charge in [0, 0.05) is 0 Å². The first-order valence-electron chi connectivity index (χ1n) is 6.25. The molecule has 0 rings (SSSR count). The lowest BCUT2D eigenvalue weighted by atomic mass is 10.2. The number of rotatable bonds is 6. The van der Waals surface area contributed by atoms with Gasteiger partial charge in [-0.2, -0.15) is 0 Å². The van der Waals surface area contributed by atoms with E-state index in [9.17, 15) is 0 Å². The number of hydrogen-bond donors (Lipinski definition) is 0. The Hall–Kier alpha value is -0.503. The van der Waals surface area contributed by atoms with Crippen LogP contribution in [0.2, 0.25) is 18.1 Å². The molecular weight excluding hydrogens is 212 g/mol. The van der Waals surface area contributed by atoms with Gasteiger partial charge in [0.15, 0.2) is 0 Å². The molecule has 0 saturated heterocycles. The highest BCUT2D eigenvalue weighted by Crippen LogP contribution is 2.37. The van der Waals surface area contributed by atoms with Gasteiger partial charge in [-0.05, 0) is 30.6 Å². The number of allylic oxidation sites excluding steroid dienone is 2.